The van der Waals surface area contributed by atoms with E-state index in [2.05, 4.69) is 4.98 Å². The number of oxazole rings is 1. The summed E-state index contributed by atoms with van der Waals surface area (Å²) >= 11 is 0. The normalized spacial score (nSPS) is 15.8. The lowest BCUT2D eigenvalue weighted by Gasteiger charge is -2.25. The lowest BCUT2D eigenvalue weighted by molar-refractivity contribution is 0.353. The summed E-state index contributed by atoms with van der Waals surface area (Å²) in [5.74, 6) is 1.76. The van der Waals surface area contributed by atoms with E-state index in [1.165, 1.54) is 4.31 Å². The molecule has 124 valence electrons. The van der Waals surface area contributed by atoms with Crippen molar-refractivity contribution < 1.29 is 12.8 Å². The molecule has 0 N–H and O–H groups in total. The molecule has 1 aromatic heterocycles. The molecule has 0 bridgehead atoms. The lowest BCUT2D eigenvalue weighted by atomic mass is 10.1. The third kappa shape index (κ3) is 3.33. The third-order valence-electron chi connectivity index (χ3n) is 4.20. The molecular weight excluding hydrogens is 312 g/mol. The molecule has 1 aliphatic heterocycles. The summed E-state index contributed by atoms with van der Waals surface area (Å²) in [5, 5.41) is 0. The molecule has 0 unspecified atom stereocenters. The second kappa shape index (κ2) is 6.09. The van der Waals surface area contributed by atoms with Crippen LogP contribution in [0.3, 0.4) is 0 Å². The van der Waals surface area contributed by atoms with Crippen LogP contribution in [-0.4, -0.2) is 24.3 Å². The van der Waals surface area contributed by atoms with Gasteiger partial charge in [-0.2, -0.15) is 4.31 Å². The van der Waals surface area contributed by atoms with Gasteiger partial charge in [0.05, 0.1) is 18.0 Å². The van der Waals surface area contributed by atoms with Crippen molar-refractivity contribution in [2.75, 3.05) is 6.54 Å². The van der Waals surface area contributed by atoms with Crippen LogP contribution in [0.2, 0.25) is 0 Å². The monoisotopic (exact) mass is 334 g/mol. The average molecular weight is 334 g/mol. The van der Waals surface area contributed by atoms with E-state index >= 15 is 0 Å². The molecule has 1 aromatic carbocycles. The fraction of sp³-hybridized carbons (Fsp3) is 0.471. The Morgan fingerprint density at radius 2 is 2.04 bits per heavy atom. The summed E-state index contributed by atoms with van der Waals surface area (Å²) in [6, 6.07) is 7.60. The summed E-state index contributed by atoms with van der Waals surface area (Å²) in [7, 11) is -3.36. The Kier molecular flexibility index (Phi) is 4.29. The fourth-order valence-corrected chi connectivity index (χ4v) is 4.33. The minimum Gasteiger partial charge on any atom is -0.445 e. The summed E-state index contributed by atoms with van der Waals surface area (Å²) < 4.78 is 32.7. The molecule has 2 aromatic rings. The number of aromatic nitrogens is 1. The first kappa shape index (κ1) is 16.2. The number of aryl methyl sites for hydroxylation is 1. The smallest absolute Gasteiger partial charge is 0.218 e. The molecule has 0 fully saturated rings. The van der Waals surface area contributed by atoms with Crippen molar-refractivity contribution in [3.63, 3.8) is 0 Å². The van der Waals surface area contributed by atoms with Crippen LogP contribution < -0.4 is 0 Å². The molecule has 5 nitrogen and oxygen atoms in total. The Morgan fingerprint density at radius 1 is 1.30 bits per heavy atom. The highest BCUT2D eigenvalue weighted by molar-refractivity contribution is 7.88. The summed E-state index contributed by atoms with van der Waals surface area (Å²) in [6.45, 7) is 6.73. The Morgan fingerprint density at radius 3 is 2.74 bits per heavy atom. The van der Waals surface area contributed by atoms with Crippen molar-refractivity contribution in [1.29, 1.82) is 0 Å². The van der Waals surface area contributed by atoms with Gasteiger partial charge in [-0.15, -0.1) is 0 Å². The van der Waals surface area contributed by atoms with Gasteiger partial charge >= 0.3 is 0 Å². The summed E-state index contributed by atoms with van der Waals surface area (Å²) in [6.07, 6.45) is 0.585. The van der Waals surface area contributed by atoms with Crippen LogP contribution in [0, 0.1) is 6.92 Å². The van der Waals surface area contributed by atoms with Crippen LogP contribution in [0.25, 0.3) is 0 Å². The van der Waals surface area contributed by atoms with Crippen LogP contribution >= 0.6 is 0 Å². The van der Waals surface area contributed by atoms with Gasteiger partial charge in [-0.05, 0) is 18.1 Å². The molecule has 0 spiro atoms. The van der Waals surface area contributed by atoms with Crippen LogP contribution in [-0.2, 0) is 28.7 Å². The molecule has 0 saturated carbocycles. The number of benzene rings is 1. The average Bonchev–Trinajstić information content (AvgIpc) is 2.93. The molecule has 23 heavy (non-hydrogen) atoms. The first-order chi connectivity index (χ1) is 10.9. The molecule has 0 radical (unpaired) electrons. The van der Waals surface area contributed by atoms with Gasteiger partial charge in [-0.25, -0.2) is 13.4 Å². The minimum atomic E-state index is -3.36. The Balaban J connectivity index is 1.80. The molecule has 0 aliphatic carbocycles. The van der Waals surface area contributed by atoms with E-state index in [0.717, 1.165) is 22.6 Å². The summed E-state index contributed by atoms with van der Waals surface area (Å²) in [4.78, 5) is 4.47. The predicted octanol–water partition coefficient (Wildman–Crippen LogP) is 2.99. The van der Waals surface area contributed by atoms with Gasteiger partial charge < -0.3 is 4.42 Å². The highest BCUT2D eigenvalue weighted by Gasteiger charge is 2.30. The van der Waals surface area contributed by atoms with Gasteiger partial charge in [0.15, 0.2) is 5.89 Å². The standard InChI is InChI=1S/C17H22N2O3S/c1-12(2)17-18-15-10-19(9-8-16(15)22-17)23(20,21)11-14-7-5-4-6-13(14)3/h4-7,12H,8-11H2,1-3H3. The molecule has 3 rings (SSSR count). The van der Waals surface area contributed by atoms with E-state index < -0.39 is 10.0 Å². The van der Waals surface area contributed by atoms with Gasteiger partial charge in [0.2, 0.25) is 10.0 Å². The van der Waals surface area contributed by atoms with Crippen molar-refractivity contribution in [2.45, 2.75) is 45.4 Å². The molecule has 2 heterocycles. The van der Waals surface area contributed by atoms with Crippen LogP contribution in [0.5, 0.6) is 0 Å². The zero-order valence-corrected chi connectivity index (χ0v) is 14.6. The largest absolute Gasteiger partial charge is 0.445 e. The first-order valence-corrected chi connectivity index (χ1v) is 9.48. The Bertz CT molecular complexity index is 809. The predicted molar refractivity (Wildman–Crippen MR) is 88.5 cm³/mol. The minimum absolute atomic E-state index is 0.0316. The van der Waals surface area contributed by atoms with Gasteiger partial charge in [-0.3, -0.25) is 0 Å². The number of hydrogen-bond acceptors (Lipinski definition) is 4. The molecule has 0 amide bonds. The van der Waals surface area contributed by atoms with Gasteiger partial charge in [0.25, 0.3) is 0 Å². The fourth-order valence-electron chi connectivity index (χ4n) is 2.74. The van der Waals surface area contributed by atoms with Gasteiger partial charge in [0.1, 0.15) is 5.76 Å². The highest BCUT2D eigenvalue weighted by Crippen LogP contribution is 2.26. The zero-order chi connectivity index (χ0) is 16.6. The maximum absolute atomic E-state index is 12.7. The Hall–Kier alpha value is -1.66. The third-order valence-corrected chi connectivity index (χ3v) is 5.97. The van der Waals surface area contributed by atoms with E-state index in [4.69, 9.17) is 4.42 Å². The molecule has 0 atom stereocenters. The molecular formula is C17H22N2O3S. The second-order valence-corrected chi connectivity index (χ2v) is 8.31. The topological polar surface area (TPSA) is 63.4 Å². The van der Waals surface area contributed by atoms with E-state index in [9.17, 15) is 8.42 Å². The van der Waals surface area contributed by atoms with Crippen LogP contribution in [0.4, 0.5) is 0 Å². The maximum Gasteiger partial charge on any atom is 0.218 e. The number of nitrogens with zero attached hydrogens (tertiary/aromatic N) is 2. The molecule has 6 heteroatoms. The van der Waals surface area contributed by atoms with Crippen LogP contribution in [0.15, 0.2) is 28.7 Å². The van der Waals surface area contributed by atoms with E-state index in [1.807, 2.05) is 45.0 Å². The van der Waals surface area contributed by atoms with Crippen molar-refractivity contribution in [3.05, 3.63) is 52.7 Å². The van der Waals surface area contributed by atoms with E-state index in [0.29, 0.717) is 25.4 Å². The quantitative estimate of drug-likeness (QED) is 0.862. The summed E-state index contributed by atoms with van der Waals surface area (Å²) in [5.41, 5.74) is 2.60. The van der Waals surface area contributed by atoms with Crippen molar-refractivity contribution in [2.24, 2.45) is 0 Å². The van der Waals surface area contributed by atoms with Gasteiger partial charge in [0, 0.05) is 18.9 Å². The maximum atomic E-state index is 12.7. The lowest BCUT2D eigenvalue weighted by Crippen LogP contribution is -2.36. The number of rotatable bonds is 4. The SMILES string of the molecule is Cc1ccccc1CS(=O)(=O)N1CCc2oc(C(C)C)nc2C1. The molecule has 1 aliphatic rings. The van der Waals surface area contributed by atoms with Crippen molar-refractivity contribution in [1.82, 2.24) is 9.29 Å². The van der Waals surface area contributed by atoms with E-state index in [-0.39, 0.29) is 11.7 Å². The van der Waals surface area contributed by atoms with Crippen molar-refractivity contribution >= 4 is 10.0 Å². The first-order valence-electron chi connectivity index (χ1n) is 7.87. The number of hydrogen-bond donors (Lipinski definition) is 0. The van der Waals surface area contributed by atoms with Crippen molar-refractivity contribution in [3.8, 4) is 0 Å². The second-order valence-electron chi connectivity index (χ2n) is 6.34. The van der Waals surface area contributed by atoms with E-state index in [1.54, 1.807) is 0 Å². The highest BCUT2D eigenvalue weighted by atomic mass is 32.2. The Labute approximate surface area is 137 Å². The zero-order valence-electron chi connectivity index (χ0n) is 13.7. The molecule has 0 saturated heterocycles. The van der Waals surface area contributed by atoms with Gasteiger partial charge in [-0.1, -0.05) is 38.1 Å². The number of sulfonamides is 1. The van der Waals surface area contributed by atoms with Crippen LogP contribution in [0.1, 0.15) is 48.2 Å². The number of fused-ring (bicyclic) bond motifs is 1.